The van der Waals surface area contributed by atoms with Gasteiger partial charge in [-0.3, -0.25) is 10.1 Å². The Labute approximate surface area is 139 Å². The zero-order valence-electron chi connectivity index (χ0n) is 13.2. The number of aryl methyl sites for hydroxylation is 1. The number of amides is 1. The highest BCUT2D eigenvalue weighted by atomic mass is 32.1. The molecule has 0 aromatic carbocycles. The standard InChI is InChI=1S/C16H21N3OS2/c1-9(2)6-14-18-19-16(22-14)17-15(20)13-8-11-7-10(3)4-5-12(11)21-13/h8-10H,4-7H2,1-3H3,(H,17,19,20). The number of carbonyl (C=O) groups is 1. The zero-order chi connectivity index (χ0) is 15.7. The summed E-state index contributed by atoms with van der Waals surface area (Å²) in [5.74, 6) is 1.21. The molecule has 1 atom stereocenters. The third kappa shape index (κ3) is 3.55. The van der Waals surface area contributed by atoms with E-state index in [2.05, 4.69) is 42.4 Å². The Morgan fingerprint density at radius 1 is 1.41 bits per heavy atom. The van der Waals surface area contributed by atoms with Crippen molar-refractivity contribution >= 4 is 33.7 Å². The number of hydrogen-bond acceptors (Lipinski definition) is 5. The number of thiophene rings is 1. The maximum atomic E-state index is 12.4. The molecule has 2 aromatic heterocycles. The van der Waals surface area contributed by atoms with Gasteiger partial charge in [0.15, 0.2) is 0 Å². The van der Waals surface area contributed by atoms with E-state index in [0.29, 0.717) is 11.0 Å². The van der Waals surface area contributed by atoms with Gasteiger partial charge in [-0.2, -0.15) is 0 Å². The van der Waals surface area contributed by atoms with Crippen molar-refractivity contribution in [3.8, 4) is 0 Å². The Hall–Kier alpha value is -1.27. The first-order valence-corrected chi connectivity index (χ1v) is 9.40. The van der Waals surface area contributed by atoms with Crippen molar-refractivity contribution < 1.29 is 4.79 Å². The summed E-state index contributed by atoms with van der Waals surface area (Å²) in [6.45, 7) is 6.57. The van der Waals surface area contributed by atoms with Gasteiger partial charge in [0.05, 0.1) is 4.88 Å². The zero-order valence-corrected chi connectivity index (χ0v) is 14.8. The van der Waals surface area contributed by atoms with Gasteiger partial charge in [0.2, 0.25) is 5.13 Å². The van der Waals surface area contributed by atoms with Crippen LogP contribution in [0.3, 0.4) is 0 Å². The molecule has 1 unspecified atom stereocenters. The second-order valence-electron chi connectivity index (χ2n) is 6.46. The molecule has 2 aromatic rings. The molecule has 1 amide bonds. The van der Waals surface area contributed by atoms with Crippen LogP contribution < -0.4 is 5.32 Å². The summed E-state index contributed by atoms with van der Waals surface area (Å²) in [5, 5.41) is 12.7. The molecule has 1 aliphatic rings. The molecule has 118 valence electrons. The number of aromatic nitrogens is 2. The molecule has 6 heteroatoms. The van der Waals surface area contributed by atoms with E-state index in [1.807, 2.05) is 0 Å². The van der Waals surface area contributed by atoms with Crippen molar-refractivity contribution in [2.24, 2.45) is 11.8 Å². The van der Waals surface area contributed by atoms with E-state index >= 15 is 0 Å². The summed E-state index contributed by atoms with van der Waals surface area (Å²) >= 11 is 3.10. The molecule has 1 aliphatic carbocycles. The first-order chi connectivity index (χ1) is 10.5. The average molecular weight is 335 g/mol. The molecule has 0 saturated heterocycles. The van der Waals surface area contributed by atoms with Crippen molar-refractivity contribution in [3.05, 3.63) is 26.4 Å². The minimum absolute atomic E-state index is 0.0562. The number of fused-ring (bicyclic) bond motifs is 1. The Morgan fingerprint density at radius 3 is 3.00 bits per heavy atom. The van der Waals surface area contributed by atoms with E-state index in [4.69, 9.17) is 0 Å². The van der Waals surface area contributed by atoms with Crippen LogP contribution in [0, 0.1) is 11.8 Å². The average Bonchev–Trinajstić information content (AvgIpc) is 3.04. The fourth-order valence-corrected chi connectivity index (χ4v) is 4.76. The van der Waals surface area contributed by atoms with Crippen LogP contribution in [0.5, 0.6) is 0 Å². The number of rotatable bonds is 4. The molecule has 0 fully saturated rings. The fraction of sp³-hybridized carbons (Fsp3) is 0.562. The molecule has 3 rings (SSSR count). The predicted octanol–water partition coefficient (Wildman–Crippen LogP) is 4.18. The van der Waals surface area contributed by atoms with Crippen LogP contribution in [-0.2, 0) is 19.3 Å². The monoisotopic (exact) mass is 335 g/mol. The lowest BCUT2D eigenvalue weighted by atomic mass is 9.90. The highest BCUT2D eigenvalue weighted by Gasteiger charge is 2.21. The second kappa shape index (κ2) is 6.46. The quantitative estimate of drug-likeness (QED) is 0.912. The topological polar surface area (TPSA) is 54.9 Å². The van der Waals surface area contributed by atoms with Gasteiger partial charge in [-0.25, -0.2) is 0 Å². The molecule has 0 bridgehead atoms. The summed E-state index contributed by atoms with van der Waals surface area (Å²) in [5.41, 5.74) is 1.35. The number of anilines is 1. The highest BCUT2D eigenvalue weighted by molar-refractivity contribution is 7.16. The largest absolute Gasteiger partial charge is 0.296 e. The first-order valence-electron chi connectivity index (χ1n) is 7.76. The lowest BCUT2D eigenvalue weighted by Crippen LogP contribution is -2.10. The van der Waals surface area contributed by atoms with E-state index in [0.717, 1.165) is 35.1 Å². The maximum absolute atomic E-state index is 12.4. The number of nitrogens with zero attached hydrogens (tertiary/aromatic N) is 2. The summed E-state index contributed by atoms with van der Waals surface area (Å²) < 4.78 is 0. The van der Waals surface area contributed by atoms with E-state index in [9.17, 15) is 4.79 Å². The smallest absolute Gasteiger partial charge is 0.267 e. The van der Waals surface area contributed by atoms with Crippen molar-refractivity contribution in [2.75, 3.05) is 5.32 Å². The van der Waals surface area contributed by atoms with Gasteiger partial charge in [0, 0.05) is 11.3 Å². The van der Waals surface area contributed by atoms with E-state index in [1.54, 1.807) is 11.3 Å². The molecule has 22 heavy (non-hydrogen) atoms. The van der Waals surface area contributed by atoms with Crippen molar-refractivity contribution in [1.82, 2.24) is 10.2 Å². The number of hydrogen-bond donors (Lipinski definition) is 1. The Morgan fingerprint density at radius 2 is 2.23 bits per heavy atom. The van der Waals surface area contributed by atoms with Crippen LogP contribution in [0.2, 0.25) is 0 Å². The van der Waals surface area contributed by atoms with Gasteiger partial charge in [-0.15, -0.1) is 21.5 Å². The van der Waals surface area contributed by atoms with Crippen LogP contribution >= 0.6 is 22.7 Å². The molecule has 0 saturated carbocycles. The normalized spacial score (nSPS) is 17.5. The molecule has 0 radical (unpaired) electrons. The van der Waals surface area contributed by atoms with Gasteiger partial charge in [0.25, 0.3) is 5.91 Å². The van der Waals surface area contributed by atoms with Crippen molar-refractivity contribution in [2.45, 2.75) is 46.5 Å². The van der Waals surface area contributed by atoms with Crippen molar-refractivity contribution in [1.29, 1.82) is 0 Å². The molecule has 1 N–H and O–H groups in total. The second-order valence-corrected chi connectivity index (χ2v) is 8.66. The van der Waals surface area contributed by atoms with Gasteiger partial charge in [-0.1, -0.05) is 32.1 Å². The van der Waals surface area contributed by atoms with Crippen LogP contribution in [0.1, 0.15) is 52.3 Å². The molecule has 0 spiro atoms. The van der Waals surface area contributed by atoms with Gasteiger partial charge in [0.1, 0.15) is 5.01 Å². The van der Waals surface area contributed by atoms with Gasteiger partial charge in [-0.05, 0) is 42.7 Å². The molecule has 0 aliphatic heterocycles. The Balaban J connectivity index is 1.68. The van der Waals surface area contributed by atoms with E-state index < -0.39 is 0 Å². The lowest BCUT2D eigenvalue weighted by molar-refractivity contribution is 0.103. The predicted molar refractivity (Wildman–Crippen MR) is 91.9 cm³/mol. The molecular formula is C16H21N3OS2. The van der Waals surface area contributed by atoms with Crippen LogP contribution in [-0.4, -0.2) is 16.1 Å². The molecular weight excluding hydrogens is 314 g/mol. The SMILES string of the molecule is CC(C)Cc1nnc(NC(=O)c2cc3c(s2)CCC(C)C3)s1. The van der Waals surface area contributed by atoms with Crippen molar-refractivity contribution in [3.63, 3.8) is 0 Å². The number of carbonyl (C=O) groups excluding carboxylic acids is 1. The van der Waals surface area contributed by atoms with Gasteiger partial charge >= 0.3 is 0 Å². The minimum Gasteiger partial charge on any atom is -0.296 e. The van der Waals surface area contributed by atoms with Crippen LogP contribution in [0.25, 0.3) is 0 Å². The maximum Gasteiger partial charge on any atom is 0.267 e. The summed E-state index contributed by atoms with van der Waals surface area (Å²) in [6, 6.07) is 2.06. The highest BCUT2D eigenvalue weighted by Crippen LogP contribution is 2.32. The van der Waals surface area contributed by atoms with Crippen LogP contribution in [0.4, 0.5) is 5.13 Å². The van der Waals surface area contributed by atoms with E-state index in [-0.39, 0.29) is 5.91 Å². The molecule has 2 heterocycles. The molecule has 4 nitrogen and oxygen atoms in total. The summed E-state index contributed by atoms with van der Waals surface area (Å²) in [4.78, 5) is 14.6. The fourth-order valence-electron chi connectivity index (χ4n) is 2.71. The third-order valence-corrected chi connectivity index (χ3v) is 5.92. The lowest BCUT2D eigenvalue weighted by Gasteiger charge is -2.16. The third-order valence-electron chi connectivity index (χ3n) is 3.82. The van der Waals surface area contributed by atoms with Gasteiger partial charge < -0.3 is 0 Å². The summed E-state index contributed by atoms with van der Waals surface area (Å²) in [7, 11) is 0. The first kappa shape index (κ1) is 15.6. The summed E-state index contributed by atoms with van der Waals surface area (Å²) in [6.07, 6.45) is 4.32. The number of nitrogens with one attached hydrogen (secondary N) is 1. The minimum atomic E-state index is -0.0562. The Kier molecular flexibility index (Phi) is 4.59. The van der Waals surface area contributed by atoms with Crippen LogP contribution in [0.15, 0.2) is 6.07 Å². The Bertz CT molecular complexity index is 675. The van der Waals surface area contributed by atoms with E-state index in [1.165, 1.54) is 28.2 Å².